The van der Waals surface area contributed by atoms with Crippen LogP contribution in [0.4, 0.5) is 0 Å². The Morgan fingerprint density at radius 1 is 1.28 bits per heavy atom. The van der Waals surface area contributed by atoms with Crippen molar-refractivity contribution in [1.29, 1.82) is 0 Å². The summed E-state index contributed by atoms with van der Waals surface area (Å²) in [5, 5.41) is 7.26. The number of hydrogen-bond donors (Lipinski definition) is 1. The fourth-order valence-corrected chi connectivity index (χ4v) is 2.76. The summed E-state index contributed by atoms with van der Waals surface area (Å²) >= 11 is 0. The molecule has 0 fully saturated rings. The second-order valence-corrected chi connectivity index (χ2v) is 4.81. The highest BCUT2D eigenvalue weighted by Crippen LogP contribution is 2.23. The van der Waals surface area contributed by atoms with E-state index >= 15 is 0 Å². The quantitative estimate of drug-likeness (QED) is 0.904. The second-order valence-electron chi connectivity index (χ2n) is 4.81. The predicted molar refractivity (Wildman–Crippen MR) is 81.1 cm³/mol. The molecular weight excluding hydrogens is 269 g/mol. The van der Waals surface area contributed by atoms with Crippen LogP contribution in [-0.4, -0.2) is 34.2 Å². The lowest BCUT2D eigenvalue weighted by Gasteiger charge is -2.33. The van der Waals surface area contributed by atoms with Crippen LogP contribution < -0.4 is 0 Å². The van der Waals surface area contributed by atoms with Gasteiger partial charge in [0.25, 0.3) is 0 Å². The van der Waals surface area contributed by atoms with Gasteiger partial charge in [0.05, 0.1) is 6.20 Å². The number of halogens is 2. The van der Waals surface area contributed by atoms with Crippen LogP contribution in [0.1, 0.15) is 44.4 Å². The van der Waals surface area contributed by atoms with Crippen LogP contribution in [0.15, 0.2) is 6.20 Å². The number of aryl methyl sites for hydroxylation is 1. The van der Waals surface area contributed by atoms with Gasteiger partial charge in [-0.15, -0.1) is 24.8 Å². The molecule has 2 rings (SSSR count). The number of fused-ring (bicyclic) bond motifs is 1. The van der Waals surface area contributed by atoms with Gasteiger partial charge in [0, 0.05) is 11.7 Å². The summed E-state index contributed by atoms with van der Waals surface area (Å²) < 4.78 is 0. The Labute approximate surface area is 123 Å². The average Bonchev–Trinajstić information content (AvgIpc) is 2.75. The Morgan fingerprint density at radius 3 is 2.56 bits per heavy atom. The SMILES string of the molecule is CCCN(CCC)C1CCc2[nH]ncc2C1.Cl.Cl. The first kappa shape index (κ1) is 17.8. The zero-order valence-corrected chi connectivity index (χ0v) is 12.9. The molecule has 1 heterocycles. The van der Waals surface area contributed by atoms with Crippen LogP contribution >= 0.6 is 24.8 Å². The van der Waals surface area contributed by atoms with Gasteiger partial charge in [-0.2, -0.15) is 5.10 Å². The molecule has 3 nitrogen and oxygen atoms in total. The van der Waals surface area contributed by atoms with E-state index in [1.165, 1.54) is 56.5 Å². The third-order valence-electron chi connectivity index (χ3n) is 3.53. The molecule has 1 atom stereocenters. The smallest absolute Gasteiger partial charge is 0.0522 e. The van der Waals surface area contributed by atoms with E-state index in [1.54, 1.807) is 0 Å². The van der Waals surface area contributed by atoms with Crippen LogP contribution in [0.5, 0.6) is 0 Å². The lowest BCUT2D eigenvalue weighted by Crippen LogP contribution is -2.40. The highest BCUT2D eigenvalue weighted by molar-refractivity contribution is 5.85. The Balaban J connectivity index is 0.00000144. The van der Waals surface area contributed by atoms with Gasteiger partial charge in [-0.25, -0.2) is 0 Å². The number of aromatic amines is 1. The molecular formula is C13H25Cl2N3. The normalized spacial score (nSPS) is 17.8. The maximum absolute atomic E-state index is 4.15. The Bertz CT molecular complexity index is 322. The molecule has 0 saturated carbocycles. The highest BCUT2D eigenvalue weighted by Gasteiger charge is 2.24. The van der Waals surface area contributed by atoms with Gasteiger partial charge < -0.3 is 4.90 Å². The first-order chi connectivity index (χ1) is 7.85. The summed E-state index contributed by atoms with van der Waals surface area (Å²) in [5.74, 6) is 0. The molecule has 1 unspecified atom stereocenters. The molecule has 0 aliphatic heterocycles. The second kappa shape index (κ2) is 8.78. The minimum absolute atomic E-state index is 0. The molecule has 0 aromatic carbocycles. The summed E-state index contributed by atoms with van der Waals surface area (Å²) in [7, 11) is 0. The maximum atomic E-state index is 4.15. The molecule has 1 aliphatic carbocycles. The lowest BCUT2D eigenvalue weighted by molar-refractivity contribution is 0.179. The van der Waals surface area contributed by atoms with Gasteiger partial charge in [0.1, 0.15) is 0 Å². The van der Waals surface area contributed by atoms with E-state index < -0.39 is 0 Å². The standard InChI is InChI=1S/C13H23N3.2ClH/c1-3-7-16(8-4-2)12-5-6-13-11(9-12)10-14-15-13;;/h10,12H,3-9H2,1-2H3,(H,14,15);2*1H. The fraction of sp³-hybridized carbons (Fsp3) is 0.769. The van der Waals surface area contributed by atoms with Crippen LogP contribution in [0.25, 0.3) is 0 Å². The number of rotatable bonds is 5. The van der Waals surface area contributed by atoms with Gasteiger partial charge in [0.15, 0.2) is 0 Å². The Kier molecular flexibility index (Phi) is 8.66. The van der Waals surface area contributed by atoms with Gasteiger partial charge >= 0.3 is 0 Å². The number of hydrogen-bond acceptors (Lipinski definition) is 2. The topological polar surface area (TPSA) is 31.9 Å². The van der Waals surface area contributed by atoms with Crippen LogP contribution in [0, 0.1) is 0 Å². The molecule has 1 aliphatic rings. The molecule has 1 aromatic heterocycles. The number of nitrogens with zero attached hydrogens (tertiary/aromatic N) is 2. The molecule has 1 N–H and O–H groups in total. The molecule has 1 aromatic rings. The maximum Gasteiger partial charge on any atom is 0.0522 e. The zero-order chi connectivity index (χ0) is 11.4. The van der Waals surface area contributed by atoms with Gasteiger partial charge in [-0.05, 0) is 50.8 Å². The summed E-state index contributed by atoms with van der Waals surface area (Å²) in [6.07, 6.45) is 8.17. The van der Waals surface area contributed by atoms with Crippen LogP contribution in [-0.2, 0) is 12.8 Å². The molecule has 18 heavy (non-hydrogen) atoms. The van der Waals surface area contributed by atoms with Crippen molar-refractivity contribution in [3.05, 3.63) is 17.5 Å². The van der Waals surface area contributed by atoms with Gasteiger partial charge in [-0.3, -0.25) is 5.10 Å². The molecule has 5 heteroatoms. The summed E-state index contributed by atoms with van der Waals surface area (Å²) in [4.78, 5) is 2.66. The van der Waals surface area contributed by atoms with Gasteiger partial charge in [-0.1, -0.05) is 13.8 Å². The molecule has 0 saturated heterocycles. The number of H-pyrrole nitrogens is 1. The van der Waals surface area contributed by atoms with E-state index in [2.05, 4.69) is 28.9 Å². The summed E-state index contributed by atoms with van der Waals surface area (Å²) in [6, 6.07) is 0.741. The minimum Gasteiger partial charge on any atom is -0.300 e. The third kappa shape index (κ3) is 4.15. The van der Waals surface area contributed by atoms with Gasteiger partial charge in [0.2, 0.25) is 0 Å². The fourth-order valence-electron chi connectivity index (χ4n) is 2.76. The van der Waals surface area contributed by atoms with Crippen molar-refractivity contribution in [2.45, 2.75) is 52.0 Å². The molecule has 0 bridgehead atoms. The van der Waals surface area contributed by atoms with Crippen molar-refractivity contribution in [2.75, 3.05) is 13.1 Å². The number of nitrogens with one attached hydrogen (secondary N) is 1. The van der Waals surface area contributed by atoms with E-state index in [-0.39, 0.29) is 24.8 Å². The van der Waals surface area contributed by atoms with Crippen LogP contribution in [0.2, 0.25) is 0 Å². The lowest BCUT2D eigenvalue weighted by atomic mass is 9.92. The highest BCUT2D eigenvalue weighted by atomic mass is 35.5. The molecule has 0 amide bonds. The average molecular weight is 294 g/mol. The monoisotopic (exact) mass is 293 g/mol. The van der Waals surface area contributed by atoms with Crippen molar-refractivity contribution in [2.24, 2.45) is 0 Å². The number of aromatic nitrogens is 2. The third-order valence-corrected chi connectivity index (χ3v) is 3.53. The van der Waals surface area contributed by atoms with Crippen molar-refractivity contribution >= 4 is 24.8 Å². The predicted octanol–water partition coefficient (Wildman–Crippen LogP) is 3.23. The summed E-state index contributed by atoms with van der Waals surface area (Å²) in [6.45, 7) is 7.03. The summed E-state index contributed by atoms with van der Waals surface area (Å²) in [5.41, 5.74) is 2.80. The molecule has 0 radical (unpaired) electrons. The molecule has 0 spiro atoms. The van der Waals surface area contributed by atoms with Crippen molar-refractivity contribution in [1.82, 2.24) is 15.1 Å². The largest absolute Gasteiger partial charge is 0.300 e. The van der Waals surface area contributed by atoms with Crippen molar-refractivity contribution in [3.63, 3.8) is 0 Å². The van der Waals surface area contributed by atoms with E-state index in [0.29, 0.717) is 0 Å². The van der Waals surface area contributed by atoms with Crippen LogP contribution in [0.3, 0.4) is 0 Å². The van der Waals surface area contributed by atoms with Crippen molar-refractivity contribution in [3.8, 4) is 0 Å². The first-order valence-corrected chi connectivity index (χ1v) is 6.60. The Morgan fingerprint density at radius 2 is 1.94 bits per heavy atom. The molecule has 106 valence electrons. The first-order valence-electron chi connectivity index (χ1n) is 6.60. The van der Waals surface area contributed by atoms with Crippen molar-refractivity contribution < 1.29 is 0 Å². The van der Waals surface area contributed by atoms with E-state index in [1.807, 2.05) is 6.20 Å². The van der Waals surface area contributed by atoms with E-state index in [4.69, 9.17) is 0 Å². The zero-order valence-electron chi connectivity index (χ0n) is 11.3. The van der Waals surface area contributed by atoms with E-state index in [0.717, 1.165) is 6.04 Å². The Hall–Kier alpha value is -0.250. The van der Waals surface area contributed by atoms with E-state index in [9.17, 15) is 0 Å². The minimum atomic E-state index is 0.